The molecule has 0 atom stereocenters. The van der Waals surface area contributed by atoms with Crippen LogP contribution in [0.2, 0.25) is 5.02 Å². The third-order valence-electron chi connectivity index (χ3n) is 2.82. The van der Waals surface area contributed by atoms with E-state index in [1.165, 1.54) is 36.4 Å². The van der Waals surface area contributed by atoms with Gasteiger partial charge in [0.1, 0.15) is 10.7 Å². The van der Waals surface area contributed by atoms with Gasteiger partial charge in [-0.1, -0.05) is 29.8 Å². The number of benzene rings is 2. The first-order valence-corrected chi connectivity index (χ1v) is 7.92. The van der Waals surface area contributed by atoms with Crippen molar-refractivity contribution in [3.63, 3.8) is 0 Å². The van der Waals surface area contributed by atoms with Crippen molar-refractivity contribution < 1.29 is 17.9 Å². The van der Waals surface area contributed by atoms with Gasteiger partial charge >= 0.3 is 0 Å². The largest absolute Gasteiger partial charge is 0.392 e. The van der Waals surface area contributed by atoms with Crippen molar-refractivity contribution >= 4 is 21.6 Å². The van der Waals surface area contributed by atoms with Crippen LogP contribution < -0.4 is 4.72 Å². The number of sulfonamides is 1. The fourth-order valence-electron chi connectivity index (χ4n) is 1.76. The van der Waals surface area contributed by atoms with Crippen molar-refractivity contribution in [3.05, 3.63) is 64.4 Å². The molecule has 0 spiro atoms. The molecule has 2 N–H and O–H groups in total. The van der Waals surface area contributed by atoms with Crippen LogP contribution in [0.4, 0.5) is 4.39 Å². The van der Waals surface area contributed by atoms with Gasteiger partial charge in [0.25, 0.3) is 0 Å². The summed E-state index contributed by atoms with van der Waals surface area (Å²) in [5.74, 6) is -0.438. The number of rotatable bonds is 5. The molecule has 21 heavy (non-hydrogen) atoms. The zero-order valence-electron chi connectivity index (χ0n) is 10.9. The molecule has 0 aromatic heterocycles. The maximum Gasteiger partial charge on any atom is 0.242 e. The van der Waals surface area contributed by atoms with E-state index in [-0.39, 0.29) is 23.1 Å². The minimum absolute atomic E-state index is 0.0546. The molecule has 0 aliphatic rings. The predicted octanol–water partition coefficient (Wildman–Crippen LogP) is 2.45. The van der Waals surface area contributed by atoms with Crippen LogP contribution in [-0.2, 0) is 23.2 Å². The van der Waals surface area contributed by atoms with Crippen LogP contribution in [0.1, 0.15) is 11.1 Å². The van der Waals surface area contributed by atoms with Crippen LogP contribution in [-0.4, -0.2) is 13.5 Å². The maximum absolute atomic E-state index is 13.0. The summed E-state index contributed by atoms with van der Waals surface area (Å²) in [5, 5.41) is 9.11. The highest BCUT2D eigenvalue weighted by atomic mass is 35.5. The quantitative estimate of drug-likeness (QED) is 0.885. The van der Waals surface area contributed by atoms with Crippen molar-refractivity contribution in [1.29, 1.82) is 0 Å². The summed E-state index contributed by atoms with van der Waals surface area (Å²) in [5.41, 5.74) is 0.929. The summed E-state index contributed by atoms with van der Waals surface area (Å²) >= 11 is 5.88. The third-order valence-corrected chi connectivity index (χ3v) is 4.71. The van der Waals surface area contributed by atoms with Gasteiger partial charge in [0.2, 0.25) is 10.0 Å². The number of hydrogen-bond donors (Lipinski definition) is 2. The van der Waals surface area contributed by atoms with Gasteiger partial charge in [0, 0.05) is 6.54 Å². The van der Waals surface area contributed by atoms with Crippen LogP contribution in [0.25, 0.3) is 0 Å². The third kappa shape index (κ3) is 4.01. The van der Waals surface area contributed by atoms with Gasteiger partial charge < -0.3 is 5.11 Å². The monoisotopic (exact) mass is 329 g/mol. The molecular weight excluding hydrogens is 317 g/mol. The van der Waals surface area contributed by atoms with Gasteiger partial charge in [-0.15, -0.1) is 0 Å². The molecule has 0 saturated carbocycles. The molecule has 0 amide bonds. The fraction of sp³-hybridized carbons (Fsp3) is 0.143. The Morgan fingerprint density at radius 3 is 2.57 bits per heavy atom. The van der Waals surface area contributed by atoms with E-state index in [9.17, 15) is 12.8 Å². The van der Waals surface area contributed by atoms with Crippen molar-refractivity contribution in [1.82, 2.24) is 4.72 Å². The molecule has 2 aromatic rings. The summed E-state index contributed by atoms with van der Waals surface area (Å²) < 4.78 is 39.8. The van der Waals surface area contributed by atoms with E-state index in [1.54, 1.807) is 6.07 Å². The van der Waals surface area contributed by atoms with Crippen molar-refractivity contribution in [2.24, 2.45) is 0 Å². The molecule has 4 nitrogen and oxygen atoms in total. The number of nitrogens with one attached hydrogen (secondary N) is 1. The van der Waals surface area contributed by atoms with E-state index in [1.807, 2.05) is 0 Å². The average molecular weight is 330 g/mol. The van der Waals surface area contributed by atoms with Gasteiger partial charge in [0.15, 0.2) is 0 Å². The average Bonchev–Trinajstić information content (AvgIpc) is 2.46. The van der Waals surface area contributed by atoms with E-state index < -0.39 is 15.8 Å². The van der Waals surface area contributed by atoms with Crippen LogP contribution in [0.3, 0.4) is 0 Å². The Morgan fingerprint density at radius 2 is 1.90 bits per heavy atom. The number of halogens is 2. The molecule has 2 rings (SSSR count). The second kappa shape index (κ2) is 6.53. The van der Waals surface area contributed by atoms with Gasteiger partial charge in [-0.2, -0.15) is 0 Å². The second-order valence-electron chi connectivity index (χ2n) is 4.38. The molecule has 0 unspecified atom stereocenters. The molecule has 112 valence electrons. The first kappa shape index (κ1) is 15.9. The lowest BCUT2D eigenvalue weighted by atomic mass is 10.2. The lowest BCUT2D eigenvalue weighted by Gasteiger charge is -2.10. The molecule has 0 saturated heterocycles. The first-order chi connectivity index (χ1) is 9.92. The molecule has 7 heteroatoms. The lowest BCUT2D eigenvalue weighted by Crippen LogP contribution is -2.23. The number of hydrogen-bond acceptors (Lipinski definition) is 3. The second-order valence-corrected chi connectivity index (χ2v) is 6.52. The Hall–Kier alpha value is -1.47. The zero-order chi connectivity index (χ0) is 15.5. The first-order valence-electron chi connectivity index (χ1n) is 6.06. The van der Waals surface area contributed by atoms with Crippen molar-refractivity contribution in [2.45, 2.75) is 18.0 Å². The molecule has 0 aliphatic heterocycles. The number of aliphatic hydroxyl groups is 1. The normalized spacial score (nSPS) is 11.6. The van der Waals surface area contributed by atoms with Gasteiger partial charge in [0.05, 0.1) is 11.6 Å². The minimum Gasteiger partial charge on any atom is -0.392 e. The minimum atomic E-state index is -3.85. The molecule has 2 aromatic carbocycles. The highest BCUT2D eigenvalue weighted by molar-refractivity contribution is 7.89. The summed E-state index contributed by atoms with van der Waals surface area (Å²) in [6.45, 7) is -0.344. The van der Waals surface area contributed by atoms with E-state index in [0.29, 0.717) is 11.1 Å². The highest BCUT2D eigenvalue weighted by Gasteiger charge is 2.18. The smallest absolute Gasteiger partial charge is 0.242 e. The maximum atomic E-state index is 13.0. The standard InChI is InChI=1S/C14H13ClFNO3S/c15-13-5-4-11(9-18)7-14(13)21(19,20)17-8-10-2-1-3-12(16)6-10/h1-7,17-18H,8-9H2. The molecule has 0 fully saturated rings. The molecule has 0 radical (unpaired) electrons. The van der Waals surface area contributed by atoms with E-state index in [0.717, 1.165) is 0 Å². The molecule has 0 heterocycles. The predicted molar refractivity (Wildman–Crippen MR) is 77.8 cm³/mol. The van der Waals surface area contributed by atoms with Crippen molar-refractivity contribution in [3.8, 4) is 0 Å². The zero-order valence-corrected chi connectivity index (χ0v) is 12.5. The Bertz CT molecular complexity index is 750. The fourth-order valence-corrected chi connectivity index (χ4v) is 3.32. The van der Waals surface area contributed by atoms with E-state index in [4.69, 9.17) is 16.7 Å². The van der Waals surface area contributed by atoms with E-state index in [2.05, 4.69) is 4.72 Å². The van der Waals surface area contributed by atoms with Crippen LogP contribution >= 0.6 is 11.6 Å². The molecule has 0 aliphatic carbocycles. The highest BCUT2D eigenvalue weighted by Crippen LogP contribution is 2.23. The van der Waals surface area contributed by atoms with Gasteiger partial charge in [-0.05, 0) is 35.4 Å². The molecule has 0 bridgehead atoms. The SMILES string of the molecule is O=S(=O)(NCc1cccc(F)c1)c1cc(CO)ccc1Cl. The summed E-state index contributed by atoms with van der Waals surface area (Å²) in [4.78, 5) is -0.118. The number of aliphatic hydroxyl groups excluding tert-OH is 1. The Morgan fingerprint density at radius 1 is 1.14 bits per heavy atom. The van der Waals surface area contributed by atoms with Crippen LogP contribution in [0.15, 0.2) is 47.4 Å². The summed E-state index contributed by atoms with van der Waals surface area (Å²) in [6, 6.07) is 9.87. The summed E-state index contributed by atoms with van der Waals surface area (Å²) in [7, 11) is -3.85. The Kier molecular flexibility index (Phi) is 4.95. The lowest BCUT2D eigenvalue weighted by molar-refractivity contribution is 0.281. The Balaban J connectivity index is 2.22. The Labute approximate surface area is 127 Å². The van der Waals surface area contributed by atoms with E-state index >= 15 is 0 Å². The van der Waals surface area contributed by atoms with Gasteiger partial charge in [-0.3, -0.25) is 0 Å². The van der Waals surface area contributed by atoms with Crippen LogP contribution in [0.5, 0.6) is 0 Å². The van der Waals surface area contributed by atoms with Crippen molar-refractivity contribution in [2.75, 3.05) is 0 Å². The topological polar surface area (TPSA) is 66.4 Å². The van der Waals surface area contributed by atoms with Gasteiger partial charge in [-0.25, -0.2) is 17.5 Å². The molecular formula is C14H13ClFNO3S. The van der Waals surface area contributed by atoms with Crippen LogP contribution in [0, 0.1) is 5.82 Å². The summed E-state index contributed by atoms with van der Waals surface area (Å²) in [6.07, 6.45) is 0.